The van der Waals surface area contributed by atoms with Crippen LogP contribution in [0.3, 0.4) is 0 Å². The first-order valence-electron chi connectivity index (χ1n) is 9.20. The minimum atomic E-state index is -3.44. The predicted molar refractivity (Wildman–Crippen MR) is 103 cm³/mol. The number of piperidine rings is 1. The van der Waals surface area contributed by atoms with Crippen LogP contribution >= 0.6 is 0 Å². The topological polar surface area (TPSA) is 67.2 Å². The van der Waals surface area contributed by atoms with E-state index in [0.717, 1.165) is 41.8 Å². The van der Waals surface area contributed by atoms with E-state index in [4.69, 9.17) is 0 Å². The maximum Gasteiger partial charge on any atom is 0.279 e. The van der Waals surface area contributed by atoms with Crippen LogP contribution in [-0.4, -0.2) is 35.1 Å². The standard InChI is InChI=1S/C19H28N4O2S/c1-15-11-17(3)22(21-15)14-19-9-6-8-18(12-19)13-20-26(24,25)23-10-5-4-7-16(23)2/h6,8-9,11-12,16,20H,4-5,7,10,13-14H2,1-3H3. The molecule has 1 aliphatic heterocycles. The number of nitrogens with one attached hydrogen (secondary N) is 1. The molecule has 1 saturated heterocycles. The van der Waals surface area contributed by atoms with E-state index in [1.54, 1.807) is 4.31 Å². The van der Waals surface area contributed by atoms with Gasteiger partial charge in [-0.05, 0) is 50.8 Å². The quantitative estimate of drug-likeness (QED) is 0.843. The molecule has 2 aromatic rings. The first-order chi connectivity index (χ1) is 12.3. The van der Waals surface area contributed by atoms with Crippen LogP contribution in [0.5, 0.6) is 0 Å². The summed E-state index contributed by atoms with van der Waals surface area (Å²) < 4.78 is 31.5. The van der Waals surface area contributed by atoms with Crippen LogP contribution in [0.25, 0.3) is 0 Å². The fraction of sp³-hybridized carbons (Fsp3) is 0.526. The van der Waals surface area contributed by atoms with Crippen LogP contribution in [0.15, 0.2) is 30.3 Å². The third-order valence-corrected chi connectivity index (χ3v) is 6.61. The fourth-order valence-electron chi connectivity index (χ4n) is 3.53. The average Bonchev–Trinajstić information content (AvgIpc) is 2.91. The van der Waals surface area contributed by atoms with Crippen molar-refractivity contribution in [1.82, 2.24) is 18.8 Å². The third-order valence-electron chi connectivity index (χ3n) is 4.94. The van der Waals surface area contributed by atoms with Gasteiger partial charge in [0.1, 0.15) is 0 Å². The lowest BCUT2D eigenvalue weighted by Crippen LogP contribution is -2.47. The highest BCUT2D eigenvalue weighted by Crippen LogP contribution is 2.19. The molecule has 1 aromatic heterocycles. The van der Waals surface area contributed by atoms with Gasteiger partial charge in [-0.2, -0.15) is 22.5 Å². The highest BCUT2D eigenvalue weighted by Gasteiger charge is 2.28. The van der Waals surface area contributed by atoms with E-state index in [1.165, 1.54) is 0 Å². The molecule has 0 amide bonds. The third kappa shape index (κ3) is 4.52. The molecule has 0 spiro atoms. The molecule has 142 valence electrons. The Bertz CT molecular complexity index is 860. The summed E-state index contributed by atoms with van der Waals surface area (Å²) in [6.07, 6.45) is 2.96. The van der Waals surface area contributed by atoms with E-state index in [-0.39, 0.29) is 6.04 Å². The summed E-state index contributed by atoms with van der Waals surface area (Å²) in [5.41, 5.74) is 4.19. The second-order valence-corrected chi connectivity index (χ2v) is 8.89. The largest absolute Gasteiger partial charge is 0.279 e. The molecular weight excluding hydrogens is 348 g/mol. The van der Waals surface area contributed by atoms with Gasteiger partial charge in [0, 0.05) is 24.8 Å². The Hall–Kier alpha value is -1.70. The maximum atomic E-state index is 12.6. The van der Waals surface area contributed by atoms with Crippen molar-refractivity contribution in [2.75, 3.05) is 6.54 Å². The van der Waals surface area contributed by atoms with E-state index in [2.05, 4.69) is 15.9 Å². The maximum absolute atomic E-state index is 12.6. The van der Waals surface area contributed by atoms with Crippen molar-refractivity contribution >= 4 is 10.2 Å². The van der Waals surface area contributed by atoms with Crippen molar-refractivity contribution in [3.63, 3.8) is 0 Å². The minimum absolute atomic E-state index is 0.0682. The molecule has 1 fully saturated rings. The normalized spacial score (nSPS) is 19.0. The molecular formula is C19H28N4O2S. The van der Waals surface area contributed by atoms with Gasteiger partial charge in [0.15, 0.2) is 0 Å². The molecule has 0 aliphatic carbocycles. The molecule has 2 heterocycles. The predicted octanol–water partition coefficient (Wildman–Crippen LogP) is 2.76. The van der Waals surface area contributed by atoms with Crippen molar-refractivity contribution in [2.24, 2.45) is 0 Å². The number of benzene rings is 1. The van der Waals surface area contributed by atoms with Crippen molar-refractivity contribution < 1.29 is 8.42 Å². The van der Waals surface area contributed by atoms with Gasteiger partial charge in [-0.15, -0.1) is 0 Å². The molecule has 7 heteroatoms. The van der Waals surface area contributed by atoms with Crippen LogP contribution in [-0.2, 0) is 23.3 Å². The monoisotopic (exact) mass is 376 g/mol. The van der Waals surface area contributed by atoms with Crippen molar-refractivity contribution in [3.05, 3.63) is 52.8 Å². The zero-order chi connectivity index (χ0) is 18.7. The van der Waals surface area contributed by atoms with Crippen LogP contribution in [0.1, 0.15) is 48.7 Å². The summed E-state index contributed by atoms with van der Waals surface area (Å²) in [5.74, 6) is 0. The highest BCUT2D eigenvalue weighted by atomic mass is 32.2. The second-order valence-electron chi connectivity index (χ2n) is 7.19. The van der Waals surface area contributed by atoms with Gasteiger partial charge >= 0.3 is 0 Å². The van der Waals surface area contributed by atoms with Gasteiger partial charge in [-0.3, -0.25) is 4.68 Å². The summed E-state index contributed by atoms with van der Waals surface area (Å²) in [6.45, 7) is 7.59. The number of aromatic nitrogens is 2. The smallest absolute Gasteiger partial charge is 0.265 e. The van der Waals surface area contributed by atoms with E-state index >= 15 is 0 Å². The Balaban J connectivity index is 1.66. The molecule has 0 radical (unpaired) electrons. The van der Waals surface area contributed by atoms with Gasteiger partial charge < -0.3 is 0 Å². The Morgan fingerprint density at radius 3 is 2.65 bits per heavy atom. The summed E-state index contributed by atoms with van der Waals surface area (Å²) >= 11 is 0. The molecule has 1 aliphatic rings. The Kier molecular flexibility index (Phi) is 5.79. The van der Waals surface area contributed by atoms with Gasteiger partial charge in [-0.25, -0.2) is 0 Å². The molecule has 1 N–H and O–H groups in total. The zero-order valence-electron chi connectivity index (χ0n) is 15.8. The fourth-order valence-corrected chi connectivity index (χ4v) is 5.00. The molecule has 1 aromatic carbocycles. The Labute approximate surface area is 156 Å². The number of hydrogen-bond acceptors (Lipinski definition) is 3. The first-order valence-corrected chi connectivity index (χ1v) is 10.6. The van der Waals surface area contributed by atoms with Crippen LogP contribution in [0.2, 0.25) is 0 Å². The van der Waals surface area contributed by atoms with E-state index in [1.807, 2.05) is 49.7 Å². The SMILES string of the molecule is Cc1cc(C)n(Cc2cccc(CNS(=O)(=O)N3CCCCC3C)c2)n1. The van der Waals surface area contributed by atoms with Crippen LogP contribution in [0.4, 0.5) is 0 Å². The van der Waals surface area contributed by atoms with Crippen molar-refractivity contribution in [3.8, 4) is 0 Å². The van der Waals surface area contributed by atoms with E-state index < -0.39 is 10.2 Å². The lowest BCUT2D eigenvalue weighted by molar-refractivity contribution is 0.265. The lowest BCUT2D eigenvalue weighted by atomic mass is 10.1. The summed E-state index contributed by atoms with van der Waals surface area (Å²) in [4.78, 5) is 0. The van der Waals surface area contributed by atoms with E-state index in [0.29, 0.717) is 19.6 Å². The lowest BCUT2D eigenvalue weighted by Gasteiger charge is -2.32. The molecule has 3 rings (SSSR count). The zero-order valence-corrected chi connectivity index (χ0v) is 16.6. The molecule has 1 atom stereocenters. The van der Waals surface area contributed by atoms with E-state index in [9.17, 15) is 8.42 Å². The van der Waals surface area contributed by atoms with Gasteiger partial charge in [0.2, 0.25) is 0 Å². The Morgan fingerprint density at radius 2 is 1.96 bits per heavy atom. The summed E-state index contributed by atoms with van der Waals surface area (Å²) in [5, 5.41) is 4.49. The molecule has 1 unspecified atom stereocenters. The van der Waals surface area contributed by atoms with Gasteiger partial charge in [0.25, 0.3) is 10.2 Å². The molecule has 0 bridgehead atoms. The summed E-state index contributed by atoms with van der Waals surface area (Å²) in [6, 6.07) is 10.1. The van der Waals surface area contributed by atoms with Crippen molar-refractivity contribution in [1.29, 1.82) is 0 Å². The first kappa shape index (κ1) is 19.1. The number of rotatable bonds is 6. The number of aryl methyl sites for hydroxylation is 2. The Morgan fingerprint density at radius 1 is 1.19 bits per heavy atom. The molecule has 0 saturated carbocycles. The number of nitrogens with zero attached hydrogens (tertiary/aromatic N) is 3. The molecule has 26 heavy (non-hydrogen) atoms. The second kappa shape index (κ2) is 7.90. The van der Waals surface area contributed by atoms with Crippen LogP contribution < -0.4 is 4.72 Å². The van der Waals surface area contributed by atoms with Gasteiger partial charge in [-0.1, -0.05) is 30.7 Å². The van der Waals surface area contributed by atoms with Crippen molar-refractivity contribution in [2.45, 2.75) is 59.2 Å². The number of hydrogen-bond donors (Lipinski definition) is 1. The minimum Gasteiger partial charge on any atom is -0.265 e. The summed E-state index contributed by atoms with van der Waals surface area (Å²) in [7, 11) is -3.44. The average molecular weight is 377 g/mol. The highest BCUT2D eigenvalue weighted by molar-refractivity contribution is 7.87. The molecule has 6 nitrogen and oxygen atoms in total. The van der Waals surface area contributed by atoms with Gasteiger partial charge in [0.05, 0.1) is 12.2 Å². The van der Waals surface area contributed by atoms with Crippen LogP contribution in [0, 0.1) is 13.8 Å².